The molecule has 2 nitrogen and oxygen atoms in total. The van der Waals surface area contributed by atoms with E-state index in [2.05, 4.69) is 16.9 Å². The van der Waals surface area contributed by atoms with Gasteiger partial charge in [-0.2, -0.15) is 0 Å². The Kier molecular flexibility index (Phi) is 1.58. The second-order valence-electron chi connectivity index (χ2n) is 2.47. The van der Waals surface area contributed by atoms with Gasteiger partial charge in [-0.3, -0.25) is 5.41 Å². The third kappa shape index (κ3) is 1.24. The molecule has 11 heavy (non-hydrogen) atoms. The molecule has 56 valence electrons. The number of fused-ring (bicyclic) bond motifs is 1. The summed E-state index contributed by atoms with van der Waals surface area (Å²) in [5.41, 5.74) is 1.25. The SMILES string of the molecule is N=C1Cc2ccccc2SN1. The number of hydrogen-bond acceptors (Lipinski definition) is 2. The van der Waals surface area contributed by atoms with E-state index < -0.39 is 0 Å². The number of rotatable bonds is 0. The van der Waals surface area contributed by atoms with E-state index in [4.69, 9.17) is 5.41 Å². The highest BCUT2D eigenvalue weighted by Crippen LogP contribution is 2.24. The van der Waals surface area contributed by atoms with Crippen molar-refractivity contribution in [3.8, 4) is 0 Å². The Morgan fingerprint density at radius 3 is 3.09 bits per heavy atom. The summed E-state index contributed by atoms with van der Waals surface area (Å²) in [5.74, 6) is 0.591. The van der Waals surface area contributed by atoms with Crippen LogP contribution in [0.4, 0.5) is 0 Å². The predicted molar refractivity (Wildman–Crippen MR) is 46.9 cm³/mol. The number of hydrogen-bond donors (Lipinski definition) is 2. The van der Waals surface area contributed by atoms with Gasteiger partial charge in [0.25, 0.3) is 0 Å². The van der Waals surface area contributed by atoms with Crippen molar-refractivity contribution in [2.24, 2.45) is 0 Å². The molecule has 0 saturated heterocycles. The van der Waals surface area contributed by atoms with Gasteiger partial charge in [0.05, 0.1) is 0 Å². The summed E-state index contributed by atoms with van der Waals surface area (Å²) >= 11 is 1.52. The van der Waals surface area contributed by atoms with Gasteiger partial charge in [0.1, 0.15) is 5.84 Å². The molecule has 0 aliphatic carbocycles. The molecule has 0 atom stereocenters. The van der Waals surface area contributed by atoms with Crippen LogP contribution in [0.3, 0.4) is 0 Å². The summed E-state index contributed by atoms with van der Waals surface area (Å²) in [4.78, 5) is 1.24. The van der Waals surface area contributed by atoms with Crippen LogP contribution in [0.2, 0.25) is 0 Å². The molecule has 0 spiro atoms. The molecule has 0 bridgehead atoms. The lowest BCUT2D eigenvalue weighted by Gasteiger charge is -2.16. The lowest BCUT2D eigenvalue weighted by atomic mass is 10.1. The van der Waals surface area contributed by atoms with Crippen molar-refractivity contribution in [1.29, 1.82) is 5.41 Å². The Morgan fingerprint density at radius 2 is 2.18 bits per heavy atom. The van der Waals surface area contributed by atoms with E-state index >= 15 is 0 Å². The van der Waals surface area contributed by atoms with Gasteiger partial charge >= 0.3 is 0 Å². The molecule has 0 radical (unpaired) electrons. The maximum absolute atomic E-state index is 7.39. The molecular weight excluding hydrogens is 156 g/mol. The van der Waals surface area contributed by atoms with E-state index in [-0.39, 0.29) is 0 Å². The predicted octanol–water partition coefficient (Wildman–Crippen LogP) is 1.82. The molecular formula is C8H8N2S. The summed E-state index contributed by atoms with van der Waals surface area (Å²) < 4.78 is 2.94. The van der Waals surface area contributed by atoms with Crippen molar-refractivity contribution in [3.05, 3.63) is 29.8 Å². The fourth-order valence-electron chi connectivity index (χ4n) is 1.09. The van der Waals surface area contributed by atoms with E-state index in [9.17, 15) is 0 Å². The highest BCUT2D eigenvalue weighted by atomic mass is 32.2. The number of benzene rings is 1. The quantitative estimate of drug-likeness (QED) is 0.574. The van der Waals surface area contributed by atoms with Crippen molar-refractivity contribution in [3.63, 3.8) is 0 Å². The molecule has 1 heterocycles. The minimum atomic E-state index is 0.591. The molecule has 0 aromatic heterocycles. The Balaban J connectivity index is 2.41. The Bertz CT molecular complexity index is 296. The van der Waals surface area contributed by atoms with E-state index in [1.165, 1.54) is 22.4 Å². The molecule has 1 aliphatic heterocycles. The smallest absolute Gasteiger partial charge is 0.108 e. The largest absolute Gasteiger partial charge is 0.314 e. The van der Waals surface area contributed by atoms with Crippen LogP contribution in [0.15, 0.2) is 29.2 Å². The zero-order chi connectivity index (χ0) is 7.68. The molecule has 0 fully saturated rings. The van der Waals surface area contributed by atoms with Crippen molar-refractivity contribution in [2.75, 3.05) is 0 Å². The van der Waals surface area contributed by atoms with E-state index in [0.29, 0.717) is 5.84 Å². The van der Waals surface area contributed by atoms with Gasteiger partial charge in [-0.05, 0) is 23.6 Å². The molecule has 0 saturated carbocycles. The molecule has 2 N–H and O–H groups in total. The van der Waals surface area contributed by atoms with Crippen LogP contribution in [0.1, 0.15) is 5.56 Å². The fourth-order valence-corrected chi connectivity index (χ4v) is 1.82. The zero-order valence-electron chi connectivity index (χ0n) is 5.92. The second-order valence-corrected chi connectivity index (χ2v) is 3.32. The summed E-state index contributed by atoms with van der Waals surface area (Å²) in [6, 6.07) is 8.16. The molecule has 1 aromatic rings. The van der Waals surface area contributed by atoms with Crippen molar-refractivity contribution < 1.29 is 0 Å². The van der Waals surface area contributed by atoms with Gasteiger partial charge in [-0.15, -0.1) is 0 Å². The average Bonchev–Trinajstić information content (AvgIpc) is 2.04. The van der Waals surface area contributed by atoms with Crippen molar-refractivity contribution in [1.82, 2.24) is 4.72 Å². The maximum Gasteiger partial charge on any atom is 0.108 e. The van der Waals surface area contributed by atoms with Crippen LogP contribution in [0, 0.1) is 5.41 Å². The molecule has 1 aliphatic rings. The molecule has 2 rings (SSSR count). The monoisotopic (exact) mass is 164 g/mol. The topological polar surface area (TPSA) is 35.9 Å². The van der Waals surface area contributed by atoms with Gasteiger partial charge in [0.15, 0.2) is 0 Å². The summed E-state index contributed by atoms with van der Waals surface area (Å²) in [6.07, 6.45) is 0.739. The summed E-state index contributed by atoms with van der Waals surface area (Å²) in [6.45, 7) is 0. The molecule has 0 amide bonds. The van der Waals surface area contributed by atoms with Crippen LogP contribution in [-0.4, -0.2) is 5.84 Å². The van der Waals surface area contributed by atoms with Crippen LogP contribution in [-0.2, 0) is 6.42 Å². The zero-order valence-corrected chi connectivity index (χ0v) is 6.74. The first-order valence-corrected chi connectivity index (χ1v) is 4.26. The minimum absolute atomic E-state index is 0.591. The van der Waals surface area contributed by atoms with Crippen molar-refractivity contribution in [2.45, 2.75) is 11.3 Å². The third-order valence-electron chi connectivity index (χ3n) is 1.62. The highest BCUT2D eigenvalue weighted by Gasteiger charge is 2.10. The van der Waals surface area contributed by atoms with Gasteiger partial charge < -0.3 is 4.72 Å². The standard InChI is InChI=1S/C8H8N2S/c9-8-5-6-3-1-2-4-7(6)11-10-8/h1-4H,5H2,(H2,9,10). The first-order valence-electron chi connectivity index (χ1n) is 3.44. The Morgan fingerprint density at radius 1 is 1.36 bits per heavy atom. The van der Waals surface area contributed by atoms with Gasteiger partial charge in [0, 0.05) is 11.3 Å². The van der Waals surface area contributed by atoms with Crippen LogP contribution >= 0.6 is 11.9 Å². The summed E-state index contributed by atoms with van der Waals surface area (Å²) in [5, 5.41) is 7.39. The first-order chi connectivity index (χ1) is 5.36. The molecule has 3 heteroatoms. The highest BCUT2D eigenvalue weighted by molar-refractivity contribution is 7.98. The number of amidine groups is 1. The third-order valence-corrected chi connectivity index (χ3v) is 2.59. The van der Waals surface area contributed by atoms with Gasteiger partial charge in [-0.25, -0.2) is 0 Å². The van der Waals surface area contributed by atoms with E-state index in [1.807, 2.05) is 12.1 Å². The lowest BCUT2D eigenvalue weighted by molar-refractivity contribution is 1.12. The van der Waals surface area contributed by atoms with Crippen LogP contribution in [0.25, 0.3) is 0 Å². The number of nitrogens with one attached hydrogen (secondary N) is 2. The Hall–Kier alpha value is -0.960. The second kappa shape index (κ2) is 2.58. The van der Waals surface area contributed by atoms with Crippen LogP contribution < -0.4 is 4.72 Å². The molecule has 1 aromatic carbocycles. The van der Waals surface area contributed by atoms with Gasteiger partial charge in [-0.1, -0.05) is 18.2 Å². The average molecular weight is 164 g/mol. The Labute approximate surface area is 69.6 Å². The maximum atomic E-state index is 7.39. The first kappa shape index (κ1) is 6.73. The van der Waals surface area contributed by atoms with Crippen molar-refractivity contribution >= 4 is 17.8 Å². The fraction of sp³-hybridized carbons (Fsp3) is 0.125. The van der Waals surface area contributed by atoms with Gasteiger partial charge in [0.2, 0.25) is 0 Å². The summed E-state index contributed by atoms with van der Waals surface area (Å²) in [7, 11) is 0. The minimum Gasteiger partial charge on any atom is -0.314 e. The molecule has 0 unspecified atom stereocenters. The van der Waals surface area contributed by atoms with Crippen LogP contribution in [0.5, 0.6) is 0 Å². The van der Waals surface area contributed by atoms with E-state index in [0.717, 1.165) is 6.42 Å². The normalized spacial score (nSPS) is 15.5. The lowest BCUT2D eigenvalue weighted by Crippen LogP contribution is -2.21. The van der Waals surface area contributed by atoms with E-state index in [1.54, 1.807) is 0 Å².